The van der Waals surface area contributed by atoms with Gasteiger partial charge in [-0.05, 0) is 31.9 Å². The number of benzene rings is 1. The summed E-state index contributed by atoms with van der Waals surface area (Å²) in [7, 11) is 0. The Hall–Kier alpha value is -1.10. The quantitative estimate of drug-likeness (QED) is 0.648. The van der Waals surface area contributed by atoms with Crippen LogP contribution in [0.15, 0.2) is 30.3 Å². The first-order valence-corrected chi connectivity index (χ1v) is 7.14. The van der Waals surface area contributed by atoms with Crippen molar-refractivity contribution in [3.05, 3.63) is 30.3 Å². The van der Waals surface area contributed by atoms with Gasteiger partial charge in [0.2, 0.25) is 0 Å². The van der Waals surface area contributed by atoms with E-state index in [1.807, 2.05) is 37.3 Å². The van der Waals surface area contributed by atoms with Gasteiger partial charge in [0.15, 0.2) is 0 Å². The van der Waals surface area contributed by atoms with E-state index >= 15 is 0 Å². The highest BCUT2D eigenvalue weighted by Crippen LogP contribution is 2.38. The highest BCUT2D eigenvalue weighted by molar-refractivity contribution is 5.22. The maximum Gasteiger partial charge on any atom is 0.120 e. The van der Waals surface area contributed by atoms with Crippen molar-refractivity contribution in [3.63, 3.8) is 0 Å². The largest absolute Gasteiger partial charge is 0.487 e. The molecule has 4 nitrogen and oxygen atoms in total. The fraction of sp³-hybridized carbons (Fsp3) is 0.625. The lowest BCUT2D eigenvalue weighted by Gasteiger charge is -2.45. The SMILES string of the molecule is CCCCC(C)(Oc1ccccc1)C(CO)(CO)CO. The van der Waals surface area contributed by atoms with E-state index in [1.54, 1.807) is 0 Å². The van der Waals surface area contributed by atoms with E-state index in [4.69, 9.17) is 4.74 Å². The summed E-state index contributed by atoms with van der Waals surface area (Å²) in [6, 6.07) is 9.30. The fourth-order valence-electron chi connectivity index (χ4n) is 2.34. The zero-order valence-corrected chi connectivity index (χ0v) is 12.4. The van der Waals surface area contributed by atoms with Crippen LogP contribution in [-0.2, 0) is 0 Å². The van der Waals surface area contributed by atoms with E-state index < -0.39 is 11.0 Å². The van der Waals surface area contributed by atoms with E-state index in [-0.39, 0.29) is 19.8 Å². The summed E-state index contributed by atoms with van der Waals surface area (Å²) in [5.41, 5.74) is -1.90. The molecule has 0 heterocycles. The van der Waals surface area contributed by atoms with Crippen LogP contribution in [0, 0.1) is 5.41 Å². The standard InChI is InChI=1S/C16H26O4/c1-3-4-10-15(2,16(11-17,12-18)13-19)20-14-8-6-5-7-9-14/h5-9,17-19H,3-4,10-13H2,1-2H3. The van der Waals surface area contributed by atoms with Crippen LogP contribution >= 0.6 is 0 Å². The third kappa shape index (κ3) is 3.51. The third-order valence-electron chi connectivity index (χ3n) is 4.12. The minimum absolute atomic E-state index is 0.326. The summed E-state index contributed by atoms with van der Waals surface area (Å²) in [4.78, 5) is 0. The molecule has 0 aromatic heterocycles. The predicted molar refractivity (Wildman–Crippen MR) is 78.7 cm³/mol. The summed E-state index contributed by atoms with van der Waals surface area (Å²) in [6.45, 7) is 2.94. The Morgan fingerprint density at radius 1 is 1.00 bits per heavy atom. The van der Waals surface area contributed by atoms with Gasteiger partial charge in [-0.3, -0.25) is 0 Å². The van der Waals surface area contributed by atoms with Crippen LogP contribution in [-0.4, -0.2) is 40.7 Å². The number of aliphatic hydroxyl groups is 3. The van der Waals surface area contributed by atoms with Gasteiger partial charge in [0.05, 0.1) is 25.2 Å². The summed E-state index contributed by atoms with van der Waals surface area (Å²) in [6.07, 6.45) is 2.53. The Labute approximate surface area is 121 Å². The molecule has 0 amide bonds. The maximum atomic E-state index is 9.69. The molecule has 1 unspecified atom stereocenters. The molecule has 0 aliphatic heterocycles. The lowest BCUT2D eigenvalue weighted by molar-refractivity contribution is -0.133. The molecule has 0 bridgehead atoms. The lowest BCUT2D eigenvalue weighted by atomic mass is 9.71. The second kappa shape index (κ2) is 7.62. The molecule has 0 radical (unpaired) electrons. The first kappa shape index (κ1) is 17.0. The summed E-state index contributed by atoms with van der Waals surface area (Å²) < 4.78 is 6.06. The lowest BCUT2D eigenvalue weighted by Crippen LogP contribution is -2.57. The minimum atomic E-state index is -1.07. The van der Waals surface area contributed by atoms with Gasteiger partial charge in [0.25, 0.3) is 0 Å². The number of hydrogen-bond donors (Lipinski definition) is 3. The first-order valence-electron chi connectivity index (χ1n) is 7.14. The molecule has 1 aromatic carbocycles. The van der Waals surface area contributed by atoms with Crippen LogP contribution in [0.4, 0.5) is 0 Å². The fourth-order valence-corrected chi connectivity index (χ4v) is 2.34. The number of hydrogen-bond acceptors (Lipinski definition) is 4. The van der Waals surface area contributed by atoms with Crippen molar-refractivity contribution in [3.8, 4) is 5.75 Å². The Bertz CT molecular complexity index is 367. The normalized spacial score (nSPS) is 14.8. The third-order valence-corrected chi connectivity index (χ3v) is 4.12. The number of rotatable bonds is 9. The molecule has 0 aliphatic rings. The van der Waals surface area contributed by atoms with Gasteiger partial charge in [-0.2, -0.15) is 0 Å². The number of aliphatic hydroxyl groups excluding tert-OH is 3. The summed E-state index contributed by atoms with van der Waals surface area (Å²) >= 11 is 0. The molecule has 20 heavy (non-hydrogen) atoms. The van der Waals surface area contributed by atoms with Crippen molar-refractivity contribution < 1.29 is 20.1 Å². The van der Waals surface area contributed by atoms with E-state index in [1.165, 1.54) is 0 Å². The number of para-hydroxylation sites is 1. The van der Waals surface area contributed by atoms with Crippen LogP contribution in [0.25, 0.3) is 0 Å². The molecular formula is C16H26O4. The Morgan fingerprint density at radius 3 is 2.00 bits per heavy atom. The van der Waals surface area contributed by atoms with Crippen molar-refractivity contribution in [1.29, 1.82) is 0 Å². The van der Waals surface area contributed by atoms with Gasteiger partial charge < -0.3 is 20.1 Å². The molecule has 1 rings (SSSR count). The molecule has 4 heteroatoms. The van der Waals surface area contributed by atoms with Gasteiger partial charge in [0.1, 0.15) is 11.4 Å². The topological polar surface area (TPSA) is 69.9 Å². The van der Waals surface area contributed by atoms with E-state index in [9.17, 15) is 15.3 Å². The van der Waals surface area contributed by atoms with Crippen molar-refractivity contribution in [1.82, 2.24) is 0 Å². The summed E-state index contributed by atoms with van der Waals surface area (Å²) in [5, 5.41) is 29.1. The van der Waals surface area contributed by atoms with Gasteiger partial charge in [0, 0.05) is 0 Å². The number of ether oxygens (including phenoxy) is 1. The summed E-state index contributed by atoms with van der Waals surface area (Å²) in [5.74, 6) is 0.672. The first-order chi connectivity index (χ1) is 9.57. The van der Waals surface area contributed by atoms with Gasteiger partial charge in [-0.25, -0.2) is 0 Å². The zero-order chi connectivity index (χ0) is 15.1. The average molecular weight is 282 g/mol. The molecule has 1 atom stereocenters. The van der Waals surface area contributed by atoms with Gasteiger partial charge >= 0.3 is 0 Å². The van der Waals surface area contributed by atoms with E-state index in [2.05, 4.69) is 6.92 Å². The van der Waals surface area contributed by atoms with Crippen LogP contribution in [0.1, 0.15) is 33.1 Å². The molecule has 114 valence electrons. The van der Waals surface area contributed by atoms with E-state index in [0.717, 1.165) is 12.8 Å². The van der Waals surface area contributed by atoms with E-state index in [0.29, 0.717) is 12.2 Å². The van der Waals surface area contributed by atoms with Crippen LogP contribution < -0.4 is 4.74 Å². The average Bonchev–Trinajstić information content (AvgIpc) is 2.48. The van der Waals surface area contributed by atoms with Crippen LogP contribution in [0.3, 0.4) is 0 Å². The molecular weight excluding hydrogens is 256 g/mol. The second-order valence-corrected chi connectivity index (χ2v) is 5.50. The van der Waals surface area contributed by atoms with Crippen LogP contribution in [0.5, 0.6) is 5.75 Å². The maximum absolute atomic E-state index is 9.69. The Kier molecular flexibility index (Phi) is 6.46. The molecule has 0 saturated heterocycles. The Morgan fingerprint density at radius 2 is 1.55 bits per heavy atom. The monoisotopic (exact) mass is 282 g/mol. The van der Waals surface area contributed by atoms with Crippen LogP contribution in [0.2, 0.25) is 0 Å². The van der Waals surface area contributed by atoms with Gasteiger partial charge in [-0.15, -0.1) is 0 Å². The molecule has 0 fully saturated rings. The predicted octanol–water partition coefficient (Wildman–Crippen LogP) is 1.98. The zero-order valence-electron chi connectivity index (χ0n) is 12.4. The minimum Gasteiger partial charge on any atom is -0.487 e. The molecule has 0 saturated carbocycles. The molecule has 0 spiro atoms. The molecule has 1 aromatic rings. The van der Waals surface area contributed by atoms with Crippen molar-refractivity contribution in [2.45, 2.75) is 38.7 Å². The highest BCUT2D eigenvalue weighted by Gasteiger charge is 2.49. The van der Waals surface area contributed by atoms with Crippen molar-refractivity contribution in [2.75, 3.05) is 19.8 Å². The van der Waals surface area contributed by atoms with Gasteiger partial charge in [-0.1, -0.05) is 31.5 Å². The smallest absolute Gasteiger partial charge is 0.120 e. The highest BCUT2D eigenvalue weighted by atomic mass is 16.5. The second-order valence-electron chi connectivity index (χ2n) is 5.50. The molecule has 0 aliphatic carbocycles. The van der Waals surface area contributed by atoms with Crippen molar-refractivity contribution >= 4 is 0 Å². The Balaban J connectivity index is 3.07. The molecule has 3 N–H and O–H groups in total. The number of unbranched alkanes of at least 4 members (excludes halogenated alkanes) is 1. The van der Waals surface area contributed by atoms with Crippen molar-refractivity contribution in [2.24, 2.45) is 5.41 Å².